The molecule has 0 aliphatic carbocycles. The van der Waals surface area contributed by atoms with Gasteiger partial charge < -0.3 is 4.42 Å². The van der Waals surface area contributed by atoms with Crippen LogP contribution in [0.1, 0.15) is 0 Å². The molecule has 0 amide bonds. The second-order valence-corrected chi connectivity index (χ2v) is 4.20. The van der Waals surface area contributed by atoms with E-state index < -0.39 is 0 Å². The van der Waals surface area contributed by atoms with E-state index in [0.717, 1.165) is 10.8 Å². The highest BCUT2D eigenvalue weighted by molar-refractivity contribution is 6.07. The number of H-pyrrole nitrogens is 1. The lowest BCUT2D eigenvalue weighted by Crippen LogP contribution is -2.01. The molecule has 0 saturated heterocycles. The second kappa shape index (κ2) is 3.20. The summed E-state index contributed by atoms with van der Waals surface area (Å²) in [5.41, 5.74) is 0.954. The molecular formula is C14H8N2O2. The molecule has 4 rings (SSSR count). The minimum absolute atomic E-state index is 0.0446. The van der Waals surface area contributed by atoms with Crippen LogP contribution in [0.5, 0.6) is 0 Å². The van der Waals surface area contributed by atoms with Gasteiger partial charge in [0.2, 0.25) is 11.1 Å². The van der Waals surface area contributed by atoms with Gasteiger partial charge in [-0.25, -0.2) is 5.10 Å². The van der Waals surface area contributed by atoms with Gasteiger partial charge in [-0.2, -0.15) is 5.10 Å². The number of aromatic nitrogens is 2. The lowest BCUT2D eigenvalue weighted by atomic mass is 10.1. The summed E-state index contributed by atoms with van der Waals surface area (Å²) in [5, 5.41) is 9.57. The summed E-state index contributed by atoms with van der Waals surface area (Å²) < 4.78 is 5.66. The van der Waals surface area contributed by atoms with Crippen molar-refractivity contribution < 1.29 is 4.42 Å². The minimum atomic E-state index is -0.0446. The molecule has 0 fully saturated rings. The maximum absolute atomic E-state index is 12.4. The van der Waals surface area contributed by atoms with Crippen molar-refractivity contribution in [2.24, 2.45) is 0 Å². The summed E-state index contributed by atoms with van der Waals surface area (Å²) in [4.78, 5) is 12.4. The van der Waals surface area contributed by atoms with Crippen LogP contribution in [0.15, 0.2) is 51.8 Å². The fourth-order valence-corrected chi connectivity index (χ4v) is 2.33. The highest BCUT2D eigenvalue weighted by atomic mass is 16.3. The predicted octanol–water partition coefficient (Wildman–Crippen LogP) is 2.82. The summed E-state index contributed by atoms with van der Waals surface area (Å²) in [6, 6.07) is 11.5. The number of fused-ring (bicyclic) bond motifs is 4. The van der Waals surface area contributed by atoms with E-state index in [1.807, 2.05) is 36.4 Å². The molecule has 0 spiro atoms. The highest BCUT2D eigenvalue weighted by Gasteiger charge is 2.11. The van der Waals surface area contributed by atoms with Gasteiger partial charge in [-0.1, -0.05) is 30.3 Å². The van der Waals surface area contributed by atoms with Crippen molar-refractivity contribution in [3.63, 3.8) is 0 Å². The number of nitrogens with zero attached hydrogens (tertiary/aromatic N) is 1. The van der Waals surface area contributed by atoms with Crippen LogP contribution in [-0.4, -0.2) is 10.2 Å². The third-order valence-electron chi connectivity index (χ3n) is 3.18. The van der Waals surface area contributed by atoms with Crippen molar-refractivity contribution in [3.05, 3.63) is 52.8 Å². The van der Waals surface area contributed by atoms with E-state index in [-0.39, 0.29) is 5.43 Å². The Labute approximate surface area is 101 Å². The van der Waals surface area contributed by atoms with E-state index in [9.17, 15) is 4.79 Å². The Balaban J connectivity index is 2.41. The van der Waals surface area contributed by atoms with Crippen molar-refractivity contribution in [1.82, 2.24) is 10.2 Å². The van der Waals surface area contributed by atoms with E-state index in [0.29, 0.717) is 22.1 Å². The van der Waals surface area contributed by atoms with Crippen molar-refractivity contribution in [1.29, 1.82) is 0 Å². The van der Waals surface area contributed by atoms with Gasteiger partial charge in [0.25, 0.3) is 0 Å². The third-order valence-corrected chi connectivity index (χ3v) is 3.18. The Morgan fingerprint density at radius 1 is 1.06 bits per heavy atom. The van der Waals surface area contributed by atoms with E-state index in [4.69, 9.17) is 4.42 Å². The van der Waals surface area contributed by atoms with E-state index in [1.54, 1.807) is 0 Å². The summed E-state index contributed by atoms with van der Waals surface area (Å²) >= 11 is 0. The number of aromatic amines is 1. The Hall–Kier alpha value is -2.62. The SMILES string of the molecule is O=c1c2cn[nH]c2oc2ccc3ccccc3c12. The standard InChI is InChI=1S/C14H8N2O2/c17-13-10-7-15-16-14(10)18-11-6-5-8-3-1-2-4-9(8)12(11)13/h1-7H,(H,15,16). The first-order valence-electron chi connectivity index (χ1n) is 5.62. The van der Waals surface area contributed by atoms with Gasteiger partial charge >= 0.3 is 0 Å². The molecular weight excluding hydrogens is 228 g/mol. The molecule has 2 aromatic heterocycles. The monoisotopic (exact) mass is 236 g/mol. The topological polar surface area (TPSA) is 58.9 Å². The van der Waals surface area contributed by atoms with Gasteiger partial charge in [-0.3, -0.25) is 4.79 Å². The van der Waals surface area contributed by atoms with E-state index in [2.05, 4.69) is 10.2 Å². The van der Waals surface area contributed by atoms with Crippen molar-refractivity contribution in [3.8, 4) is 0 Å². The molecule has 2 aromatic carbocycles. The van der Waals surface area contributed by atoms with Gasteiger partial charge in [0.15, 0.2) is 0 Å². The summed E-state index contributed by atoms with van der Waals surface area (Å²) in [7, 11) is 0. The largest absolute Gasteiger partial charge is 0.438 e. The Morgan fingerprint density at radius 3 is 2.89 bits per heavy atom. The third kappa shape index (κ3) is 1.09. The molecule has 4 heteroatoms. The molecule has 4 nitrogen and oxygen atoms in total. The molecule has 0 atom stereocenters. The van der Waals surface area contributed by atoms with Crippen molar-refractivity contribution in [2.45, 2.75) is 0 Å². The first kappa shape index (κ1) is 9.41. The lowest BCUT2D eigenvalue weighted by molar-refractivity contribution is 0.642. The first-order chi connectivity index (χ1) is 8.84. The second-order valence-electron chi connectivity index (χ2n) is 4.20. The summed E-state index contributed by atoms with van der Waals surface area (Å²) in [6.45, 7) is 0. The molecule has 4 aromatic rings. The normalized spacial score (nSPS) is 11.6. The smallest absolute Gasteiger partial charge is 0.226 e. The molecule has 0 unspecified atom stereocenters. The molecule has 0 aliphatic rings. The quantitative estimate of drug-likeness (QED) is 0.477. The van der Waals surface area contributed by atoms with Crippen LogP contribution in [0.2, 0.25) is 0 Å². The van der Waals surface area contributed by atoms with Crippen LogP contribution in [0.4, 0.5) is 0 Å². The van der Waals surface area contributed by atoms with Gasteiger partial charge in [0, 0.05) is 0 Å². The molecule has 0 radical (unpaired) electrons. The maximum atomic E-state index is 12.4. The molecule has 86 valence electrons. The molecule has 1 N–H and O–H groups in total. The van der Waals surface area contributed by atoms with Crippen LogP contribution in [0, 0.1) is 0 Å². The fourth-order valence-electron chi connectivity index (χ4n) is 2.33. The van der Waals surface area contributed by atoms with Crippen LogP contribution >= 0.6 is 0 Å². The van der Waals surface area contributed by atoms with E-state index >= 15 is 0 Å². The number of benzene rings is 2. The Bertz CT molecular complexity index is 950. The summed E-state index contributed by atoms with van der Waals surface area (Å²) in [6.07, 6.45) is 1.50. The first-order valence-corrected chi connectivity index (χ1v) is 5.62. The summed E-state index contributed by atoms with van der Waals surface area (Å²) in [5.74, 6) is 0. The maximum Gasteiger partial charge on any atom is 0.226 e. The zero-order valence-electron chi connectivity index (χ0n) is 9.31. The average molecular weight is 236 g/mol. The molecule has 0 aliphatic heterocycles. The van der Waals surface area contributed by atoms with E-state index in [1.165, 1.54) is 6.20 Å². The lowest BCUT2D eigenvalue weighted by Gasteiger charge is -2.02. The van der Waals surface area contributed by atoms with Crippen molar-refractivity contribution in [2.75, 3.05) is 0 Å². The number of hydrogen-bond acceptors (Lipinski definition) is 3. The zero-order valence-corrected chi connectivity index (χ0v) is 9.31. The average Bonchev–Trinajstić information content (AvgIpc) is 2.87. The fraction of sp³-hybridized carbons (Fsp3) is 0. The van der Waals surface area contributed by atoms with Crippen molar-refractivity contribution >= 4 is 32.8 Å². The van der Waals surface area contributed by atoms with Gasteiger partial charge in [-0.15, -0.1) is 0 Å². The minimum Gasteiger partial charge on any atom is -0.438 e. The highest BCUT2D eigenvalue weighted by Crippen LogP contribution is 2.24. The van der Waals surface area contributed by atoms with Gasteiger partial charge in [0.1, 0.15) is 11.0 Å². The van der Waals surface area contributed by atoms with Crippen LogP contribution < -0.4 is 5.43 Å². The number of nitrogens with one attached hydrogen (secondary N) is 1. The van der Waals surface area contributed by atoms with Crippen LogP contribution in [-0.2, 0) is 0 Å². The molecule has 0 saturated carbocycles. The predicted molar refractivity (Wildman–Crippen MR) is 69.6 cm³/mol. The number of rotatable bonds is 0. The Kier molecular flexibility index (Phi) is 1.67. The number of hydrogen-bond donors (Lipinski definition) is 1. The van der Waals surface area contributed by atoms with Crippen LogP contribution in [0.25, 0.3) is 32.8 Å². The molecule has 2 heterocycles. The van der Waals surface area contributed by atoms with Gasteiger partial charge in [-0.05, 0) is 16.8 Å². The molecule has 0 bridgehead atoms. The Morgan fingerprint density at radius 2 is 1.94 bits per heavy atom. The zero-order chi connectivity index (χ0) is 12.1. The molecule has 18 heavy (non-hydrogen) atoms. The van der Waals surface area contributed by atoms with Crippen LogP contribution in [0.3, 0.4) is 0 Å². The van der Waals surface area contributed by atoms with Gasteiger partial charge in [0.05, 0.1) is 11.6 Å².